The van der Waals surface area contributed by atoms with Crippen molar-refractivity contribution in [3.05, 3.63) is 71.9 Å². The van der Waals surface area contributed by atoms with Crippen LogP contribution in [-0.2, 0) is 6.42 Å². The number of carbonyl (C=O) groups excluding carboxylic acids is 1. The van der Waals surface area contributed by atoms with Crippen LogP contribution in [0.2, 0.25) is 0 Å². The molecule has 1 aromatic carbocycles. The molecule has 3 heterocycles. The number of fused-ring (bicyclic) bond motifs is 4. The van der Waals surface area contributed by atoms with Gasteiger partial charge < -0.3 is 4.57 Å². The van der Waals surface area contributed by atoms with E-state index in [0.717, 1.165) is 29.7 Å². The highest BCUT2D eigenvalue weighted by Gasteiger charge is 2.40. The molecule has 0 saturated carbocycles. The number of hydrogen-bond acceptors (Lipinski definition) is 3. The number of benzene rings is 1. The predicted molar refractivity (Wildman–Crippen MR) is 86.2 cm³/mol. The van der Waals surface area contributed by atoms with Crippen LogP contribution in [-0.4, -0.2) is 20.3 Å². The molecule has 2 atom stereocenters. The maximum atomic E-state index is 13.1. The standard InChI is InChI=1S/C19H15N3O/c23-19-15(6-5-12-7-8-20-9-16(12)19)18-14-4-2-1-3-13(14)17-10-21-11-22(17)18/h1-4,7-11,15,18H,5-6H2. The normalized spacial score (nSPS) is 21.7. The lowest BCUT2D eigenvalue weighted by molar-refractivity contribution is 0.0871. The van der Waals surface area contributed by atoms with Crippen molar-refractivity contribution in [2.45, 2.75) is 18.9 Å². The highest BCUT2D eigenvalue weighted by atomic mass is 16.1. The molecular formula is C19H15N3O. The van der Waals surface area contributed by atoms with Crippen molar-refractivity contribution in [3.8, 4) is 11.3 Å². The Morgan fingerprint density at radius 2 is 1.96 bits per heavy atom. The van der Waals surface area contributed by atoms with Gasteiger partial charge in [0.2, 0.25) is 0 Å². The number of pyridine rings is 1. The Morgan fingerprint density at radius 1 is 1.04 bits per heavy atom. The van der Waals surface area contributed by atoms with Crippen LogP contribution in [0.4, 0.5) is 0 Å². The number of nitrogens with zero attached hydrogens (tertiary/aromatic N) is 3. The van der Waals surface area contributed by atoms with Gasteiger partial charge in [-0.1, -0.05) is 24.3 Å². The summed E-state index contributed by atoms with van der Waals surface area (Å²) in [6, 6.07) is 10.4. The molecule has 1 aliphatic heterocycles. The molecule has 0 spiro atoms. The van der Waals surface area contributed by atoms with Gasteiger partial charge in [0, 0.05) is 29.4 Å². The Hall–Kier alpha value is -2.75. The van der Waals surface area contributed by atoms with Gasteiger partial charge in [-0.25, -0.2) is 4.98 Å². The van der Waals surface area contributed by atoms with Crippen molar-refractivity contribution in [1.82, 2.24) is 14.5 Å². The topological polar surface area (TPSA) is 47.8 Å². The lowest BCUT2D eigenvalue weighted by Crippen LogP contribution is -2.30. The summed E-state index contributed by atoms with van der Waals surface area (Å²) in [4.78, 5) is 21.5. The van der Waals surface area contributed by atoms with Gasteiger partial charge in [0.1, 0.15) is 0 Å². The number of ketones is 1. The van der Waals surface area contributed by atoms with Crippen molar-refractivity contribution in [3.63, 3.8) is 0 Å². The fraction of sp³-hybridized carbons (Fsp3) is 0.211. The van der Waals surface area contributed by atoms with Gasteiger partial charge in [0.25, 0.3) is 0 Å². The number of Topliss-reactive ketones (excluding diaryl/α,β-unsaturated/α-hetero) is 1. The minimum absolute atomic E-state index is 0.0459. The van der Waals surface area contributed by atoms with Gasteiger partial charge in [-0.2, -0.15) is 0 Å². The average molecular weight is 301 g/mol. The molecule has 112 valence electrons. The van der Waals surface area contributed by atoms with E-state index in [1.165, 1.54) is 11.1 Å². The number of aryl methyl sites for hydroxylation is 1. The van der Waals surface area contributed by atoms with Gasteiger partial charge in [0.15, 0.2) is 5.78 Å². The number of carbonyl (C=O) groups is 1. The molecule has 4 nitrogen and oxygen atoms in total. The summed E-state index contributed by atoms with van der Waals surface area (Å²) >= 11 is 0. The molecule has 1 aliphatic carbocycles. The van der Waals surface area contributed by atoms with E-state index in [0.29, 0.717) is 0 Å². The van der Waals surface area contributed by atoms with E-state index >= 15 is 0 Å². The second-order valence-electron chi connectivity index (χ2n) is 6.26. The molecule has 23 heavy (non-hydrogen) atoms. The molecule has 2 aliphatic rings. The van der Waals surface area contributed by atoms with Gasteiger partial charge >= 0.3 is 0 Å². The van der Waals surface area contributed by atoms with Gasteiger partial charge in [-0.05, 0) is 30.0 Å². The quantitative estimate of drug-likeness (QED) is 0.693. The molecule has 3 aromatic rings. The third-order valence-electron chi connectivity index (χ3n) is 5.14. The van der Waals surface area contributed by atoms with Crippen molar-refractivity contribution in [1.29, 1.82) is 0 Å². The lowest BCUT2D eigenvalue weighted by atomic mass is 9.77. The first kappa shape index (κ1) is 12.8. The molecule has 0 N–H and O–H groups in total. The highest BCUT2D eigenvalue weighted by Crippen LogP contribution is 2.46. The van der Waals surface area contributed by atoms with Crippen LogP contribution in [0.3, 0.4) is 0 Å². The van der Waals surface area contributed by atoms with E-state index in [-0.39, 0.29) is 17.7 Å². The van der Waals surface area contributed by atoms with Crippen LogP contribution in [0.25, 0.3) is 11.3 Å². The third-order valence-corrected chi connectivity index (χ3v) is 5.14. The van der Waals surface area contributed by atoms with Gasteiger partial charge in [-0.3, -0.25) is 9.78 Å². The second-order valence-corrected chi connectivity index (χ2v) is 6.26. The summed E-state index contributed by atoms with van der Waals surface area (Å²) in [6.07, 6.45) is 9.03. The van der Waals surface area contributed by atoms with E-state index < -0.39 is 0 Å². The molecule has 0 bridgehead atoms. The summed E-state index contributed by atoms with van der Waals surface area (Å²) in [7, 11) is 0. The SMILES string of the molecule is O=C1c2cnccc2CCC1C1c2ccccc2-c2cncn21. The largest absolute Gasteiger partial charge is 0.322 e. The fourth-order valence-electron chi connectivity index (χ4n) is 4.09. The molecule has 2 aromatic heterocycles. The molecule has 2 unspecified atom stereocenters. The molecule has 5 rings (SSSR count). The smallest absolute Gasteiger partial charge is 0.170 e. The van der Waals surface area contributed by atoms with Crippen LogP contribution in [0.15, 0.2) is 55.2 Å². The molecule has 0 radical (unpaired) electrons. The highest BCUT2D eigenvalue weighted by molar-refractivity contribution is 6.00. The second kappa shape index (κ2) is 4.62. The zero-order valence-corrected chi connectivity index (χ0v) is 12.5. The minimum Gasteiger partial charge on any atom is -0.322 e. The number of hydrogen-bond donors (Lipinski definition) is 0. The minimum atomic E-state index is -0.0525. The van der Waals surface area contributed by atoms with E-state index in [1.807, 2.05) is 24.7 Å². The molecular weight excluding hydrogens is 286 g/mol. The van der Waals surface area contributed by atoms with E-state index in [1.54, 1.807) is 12.4 Å². The van der Waals surface area contributed by atoms with Crippen molar-refractivity contribution < 1.29 is 4.79 Å². The molecule has 0 fully saturated rings. The van der Waals surface area contributed by atoms with E-state index in [9.17, 15) is 4.79 Å². The Bertz CT molecular complexity index is 928. The van der Waals surface area contributed by atoms with Crippen molar-refractivity contribution in [2.24, 2.45) is 5.92 Å². The first-order valence-corrected chi connectivity index (χ1v) is 7.93. The van der Waals surface area contributed by atoms with Crippen LogP contribution in [0, 0.1) is 5.92 Å². The Labute approximate surface area is 133 Å². The Balaban J connectivity index is 1.65. The van der Waals surface area contributed by atoms with Crippen LogP contribution < -0.4 is 0 Å². The number of imidazole rings is 1. The summed E-state index contributed by atoms with van der Waals surface area (Å²) in [6.45, 7) is 0. The zero-order valence-electron chi connectivity index (χ0n) is 12.5. The van der Waals surface area contributed by atoms with Crippen LogP contribution in [0.5, 0.6) is 0 Å². The lowest BCUT2D eigenvalue weighted by Gasteiger charge is -2.29. The summed E-state index contributed by atoms with van der Waals surface area (Å²) in [5, 5.41) is 0. The van der Waals surface area contributed by atoms with Crippen LogP contribution >= 0.6 is 0 Å². The first-order chi connectivity index (χ1) is 11.3. The predicted octanol–water partition coefficient (Wildman–Crippen LogP) is 3.29. The Morgan fingerprint density at radius 3 is 2.91 bits per heavy atom. The summed E-state index contributed by atoms with van der Waals surface area (Å²) in [5.74, 6) is 0.156. The zero-order chi connectivity index (χ0) is 15.4. The average Bonchev–Trinajstić information content (AvgIpc) is 3.17. The van der Waals surface area contributed by atoms with E-state index in [2.05, 4.69) is 32.7 Å². The number of aromatic nitrogens is 3. The molecule has 4 heteroatoms. The van der Waals surface area contributed by atoms with Crippen molar-refractivity contribution in [2.75, 3.05) is 0 Å². The third kappa shape index (κ3) is 1.69. The Kier molecular flexibility index (Phi) is 2.56. The van der Waals surface area contributed by atoms with Gasteiger partial charge in [-0.15, -0.1) is 0 Å². The first-order valence-electron chi connectivity index (χ1n) is 7.93. The summed E-state index contributed by atoms with van der Waals surface area (Å²) in [5.41, 5.74) is 5.44. The van der Waals surface area contributed by atoms with Gasteiger partial charge in [0.05, 0.1) is 24.3 Å². The monoisotopic (exact) mass is 301 g/mol. The molecule has 0 saturated heterocycles. The maximum absolute atomic E-state index is 13.1. The molecule has 0 amide bonds. The number of rotatable bonds is 1. The van der Waals surface area contributed by atoms with Crippen LogP contribution in [0.1, 0.15) is 33.9 Å². The summed E-state index contributed by atoms with van der Waals surface area (Å²) < 4.78 is 2.16. The van der Waals surface area contributed by atoms with E-state index in [4.69, 9.17) is 0 Å². The fourth-order valence-corrected chi connectivity index (χ4v) is 4.09. The maximum Gasteiger partial charge on any atom is 0.170 e. The van der Waals surface area contributed by atoms with Crippen molar-refractivity contribution >= 4 is 5.78 Å².